The molecule has 1 aliphatic carbocycles. The lowest BCUT2D eigenvalue weighted by Gasteiger charge is -2.26. The van der Waals surface area contributed by atoms with Crippen molar-refractivity contribution in [1.82, 2.24) is 4.90 Å². The van der Waals surface area contributed by atoms with E-state index >= 15 is 0 Å². The van der Waals surface area contributed by atoms with Gasteiger partial charge in [-0.25, -0.2) is 0 Å². The number of ether oxygens (including phenoxy) is 1. The minimum Gasteiger partial charge on any atom is -0.492 e. The predicted octanol–water partition coefficient (Wildman–Crippen LogP) is 2.53. The number of nitrogens with zero attached hydrogens (tertiary/aromatic N) is 1. The number of rotatable bonds is 4. The van der Waals surface area contributed by atoms with Crippen LogP contribution in [-0.2, 0) is 6.42 Å². The van der Waals surface area contributed by atoms with Crippen LogP contribution in [0.3, 0.4) is 0 Å². The fourth-order valence-electron chi connectivity index (χ4n) is 3.14. The van der Waals surface area contributed by atoms with E-state index in [4.69, 9.17) is 4.74 Å². The molecule has 1 atom stereocenters. The van der Waals surface area contributed by atoms with Crippen molar-refractivity contribution in [2.45, 2.75) is 38.2 Å². The maximum absolute atomic E-state index is 9.77. The van der Waals surface area contributed by atoms with Gasteiger partial charge in [-0.05, 0) is 62.0 Å². The van der Waals surface area contributed by atoms with Crippen molar-refractivity contribution in [1.29, 1.82) is 0 Å². The summed E-state index contributed by atoms with van der Waals surface area (Å²) in [7, 11) is 0. The average molecular weight is 261 g/mol. The zero-order valence-corrected chi connectivity index (χ0v) is 11.5. The number of benzene rings is 1. The second-order valence-electron chi connectivity index (χ2n) is 5.67. The minimum absolute atomic E-state index is 0.266. The molecule has 104 valence electrons. The molecule has 3 rings (SSSR count). The van der Waals surface area contributed by atoms with Crippen LogP contribution in [0.15, 0.2) is 18.2 Å². The maximum atomic E-state index is 9.77. The van der Waals surface area contributed by atoms with Crippen molar-refractivity contribution >= 4 is 0 Å². The summed E-state index contributed by atoms with van der Waals surface area (Å²) < 4.78 is 5.85. The predicted molar refractivity (Wildman–Crippen MR) is 75.5 cm³/mol. The maximum Gasteiger partial charge on any atom is 0.119 e. The van der Waals surface area contributed by atoms with Crippen molar-refractivity contribution in [3.8, 4) is 5.75 Å². The lowest BCUT2D eigenvalue weighted by Crippen LogP contribution is -2.33. The van der Waals surface area contributed by atoms with Crippen molar-refractivity contribution in [2.75, 3.05) is 26.2 Å². The Labute approximate surface area is 115 Å². The number of likely N-dealkylation sites (tertiary alicyclic amines) is 1. The monoisotopic (exact) mass is 261 g/mol. The van der Waals surface area contributed by atoms with Gasteiger partial charge in [0.05, 0.1) is 6.10 Å². The Morgan fingerprint density at radius 3 is 2.89 bits per heavy atom. The Morgan fingerprint density at radius 1 is 1.21 bits per heavy atom. The molecule has 0 aromatic heterocycles. The van der Waals surface area contributed by atoms with E-state index in [2.05, 4.69) is 11.0 Å². The highest BCUT2D eigenvalue weighted by atomic mass is 16.5. The summed E-state index contributed by atoms with van der Waals surface area (Å²) in [6.45, 7) is 4.24. The molecule has 3 nitrogen and oxygen atoms in total. The Bertz CT molecular complexity index is 427. The molecule has 1 aromatic rings. The quantitative estimate of drug-likeness (QED) is 0.904. The van der Waals surface area contributed by atoms with Gasteiger partial charge in [0.15, 0.2) is 0 Å². The Morgan fingerprint density at radius 2 is 2.05 bits per heavy atom. The average Bonchev–Trinajstić information content (AvgIpc) is 2.81. The van der Waals surface area contributed by atoms with Crippen molar-refractivity contribution in [3.05, 3.63) is 29.3 Å². The normalized spacial score (nSPS) is 23.3. The van der Waals surface area contributed by atoms with E-state index in [1.54, 1.807) is 0 Å². The molecule has 1 aromatic carbocycles. The molecule has 1 heterocycles. The number of aryl methyl sites for hydroxylation is 1. The van der Waals surface area contributed by atoms with E-state index in [0.717, 1.165) is 37.3 Å². The standard InChI is InChI=1S/C16H23NO2/c18-16-7-4-13-12-14(5-6-15(13)16)19-11-10-17-8-2-1-3-9-17/h5-6,12,16,18H,1-4,7-11H2/t16-/m0/s1. The fourth-order valence-corrected chi connectivity index (χ4v) is 3.14. The van der Waals surface area contributed by atoms with Crippen LogP contribution in [0.25, 0.3) is 0 Å². The first-order valence-electron chi connectivity index (χ1n) is 7.49. The van der Waals surface area contributed by atoms with Gasteiger partial charge >= 0.3 is 0 Å². The Hall–Kier alpha value is -1.06. The van der Waals surface area contributed by atoms with Crippen LogP contribution in [0.1, 0.15) is 42.9 Å². The molecule has 2 aliphatic rings. The summed E-state index contributed by atoms with van der Waals surface area (Å²) in [6.07, 6.45) is 5.60. The molecular weight excluding hydrogens is 238 g/mol. The zero-order valence-electron chi connectivity index (χ0n) is 11.5. The lowest BCUT2D eigenvalue weighted by molar-refractivity contribution is 0.179. The summed E-state index contributed by atoms with van der Waals surface area (Å²) in [5, 5.41) is 9.77. The smallest absolute Gasteiger partial charge is 0.119 e. The van der Waals surface area contributed by atoms with Gasteiger partial charge in [0.25, 0.3) is 0 Å². The van der Waals surface area contributed by atoms with Crippen LogP contribution in [-0.4, -0.2) is 36.2 Å². The number of aliphatic hydroxyl groups excluding tert-OH is 1. The van der Waals surface area contributed by atoms with Crippen LogP contribution in [0, 0.1) is 0 Å². The van der Waals surface area contributed by atoms with Gasteiger partial charge < -0.3 is 9.84 Å². The number of piperidine rings is 1. The number of hydrogen-bond donors (Lipinski definition) is 1. The van der Waals surface area contributed by atoms with Gasteiger partial charge in [-0.15, -0.1) is 0 Å². The highest BCUT2D eigenvalue weighted by Crippen LogP contribution is 2.33. The van der Waals surface area contributed by atoms with Crippen molar-refractivity contribution in [2.24, 2.45) is 0 Å². The molecule has 1 fully saturated rings. The highest BCUT2D eigenvalue weighted by Gasteiger charge is 2.20. The molecule has 0 unspecified atom stereocenters. The second-order valence-corrected chi connectivity index (χ2v) is 5.67. The first-order valence-corrected chi connectivity index (χ1v) is 7.49. The van der Waals surface area contributed by atoms with Gasteiger partial charge in [-0.3, -0.25) is 4.90 Å². The molecule has 0 saturated carbocycles. The van der Waals surface area contributed by atoms with E-state index in [-0.39, 0.29) is 6.10 Å². The van der Waals surface area contributed by atoms with Crippen LogP contribution in [0.5, 0.6) is 5.75 Å². The highest BCUT2D eigenvalue weighted by molar-refractivity contribution is 5.39. The van der Waals surface area contributed by atoms with Gasteiger partial charge in [-0.1, -0.05) is 12.5 Å². The molecule has 1 saturated heterocycles. The summed E-state index contributed by atoms with van der Waals surface area (Å²) in [4.78, 5) is 2.49. The third kappa shape index (κ3) is 3.10. The van der Waals surface area contributed by atoms with Crippen LogP contribution < -0.4 is 4.74 Å². The molecule has 1 N–H and O–H groups in total. The van der Waals surface area contributed by atoms with E-state index < -0.39 is 0 Å². The molecule has 19 heavy (non-hydrogen) atoms. The first-order chi connectivity index (χ1) is 9.33. The lowest BCUT2D eigenvalue weighted by atomic mass is 10.1. The molecule has 1 aliphatic heterocycles. The summed E-state index contributed by atoms with van der Waals surface area (Å²) >= 11 is 0. The number of hydrogen-bond acceptors (Lipinski definition) is 3. The van der Waals surface area contributed by atoms with Gasteiger partial charge in [0, 0.05) is 6.54 Å². The third-order valence-corrected chi connectivity index (χ3v) is 4.29. The first kappa shape index (κ1) is 12.9. The molecular formula is C16H23NO2. The van der Waals surface area contributed by atoms with Crippen LogP contribution in [0.4, 0.5) is 0 Å². The molecule has 3 heteroatoms. The minimum atomic E-state index is -0.266. The number of fused-ring (bicyclic) bond motifs is 1. The Kier molecular flexibility index (Phi) is 4.04. The van der Waals surface area contributed by atoms with Crippen molar-refractivity contribution in [3.63, 3.8) is 0 Å². The molecule has 0 spiro atoms. The van der Waals surface area contributed by atoms with E-state index in [0.29, 0.717) is 0 Å². The van der Waals surface area contributed by atoms with Gasteiger partial charge in [0.1, 0.15) is 12.4 Å². The Balaban J connectivity index is 1.50. The molecule has 0 bridgehead atoms. The van der Waals surface area contributed by atoms with Crippen molar-refractivity contribution < 1.29 is 9.84 Å². The van der Waals surface area contributed by atoms with Crippen LogP contribution in [0.2, 0.25) is 0 Å². The summed E-state index contributed by atoms with van der Waals surface area (Å²) in [5.41, 5.74) is 2.34. The van der Waals surface area contributed by atoms with Gasteiger partial charge in [0.2, 0.25) is 0 Å². The van der Waals surface area contributed by atoms with Crippen LogP contribution >= 0.6 is 0 Å². The topological polar surface area (TPSA) is 32.7 Å². The summed E-state index contributed by atoms with van der Waals surface area (Å²) in [6, 6.07) is 6.11. The largest absolute Gasteiger partial charge is 0.492 e. The van der Waals surface area contributed by atoms with E-state index in [1.807, 2.05) is 12.1 Å². The van der Waals surface area contributed by atoms with Gasteiger partial charge in [-0.2, -0.15) is 0 Å². The third-order valence-electron chi connectivity index (χ3n) is 4.29. The van der Waals surface area contributed by atoms with E-state index in [9.17, 15) is 5.11 Å². The number of aliphatic hydroxyl groups is 1. The SMILES string of the molecule is O[C@H]1CCc2cc(OCCN3CCCCC3)ccc21. The fraction of sp³-hybridized carbons (Fsp3) is 0.625. The molecule has 0 radical (unpaired) electrons. The van der Waals surface area contributed by atoms with E-state index in [1.165, 1.54) is 37.9 Å². The second kappa shape index (κ2) is 5.93. The molecule has 0 amide bonds. The summed E-state index contributed by atoms with van der Waals surface area (Å²) in [5.74, 6) is 0.949. The zero-order chi connectivity index (χ0) is 13.1.